The minimum Gasteiger partial charge on any atom is -0.392 e. The molecule has 4 heteroatoms. The molecule has 0 amide bonds. The maximum Gasteiger partial charge on any atom is 0.137 e. The topological polar surface area (TPSA) is 29.5 Å². The molecular weight excluding hydrogens is 311 g/mol. The number of benzene rings is 1. The van der Waals surface area contributed by atoms with Crippen LogP contribution in [0.2, 0.25) is 0 Å². The van der Waals surface area contributed by atoms with Crippen LogP contribution in [0.3, 0.4) is 0 Å². The molecule has 1 aliphatic rings. The quantitative estimate of drug-likeness (QED) is 0.918. The molecule has 1 aromatic carbocycles. The van der Waals surface area contributed by atoms with Crippen molar-refractivity contribution in [3.8, 4) is 0 Å². The molecule has 5 unspecified atom stereocenters. The van der Waals surface area contributed by atoms with E-state index in [-0.39, 0.29) is 23.9 Å². The fraction of sp³-hybridized carbons (Fsp3) is 0.600. The van der Waals surface area contributed by atoms with Crippen molar-refractivity contribution in [2.45, 2.75) is 45.5 Å². The molecular formula is C15H20BrFO2. The number of ether oxygens (including phenoxy) is 1. The van der Waals surface area contributed by atoms with E-state index in [1.165, 1.54) is 6.07 Å². The van der Waals surface area contributed by atoms with Crippen LogP contribution in [0.4, 0.5) is 4.39 Å². The van der Waals surface area contributed by atoms with Crippen LogP contribution >= 0.6 is 15.9 Å². The van der Waals surface area contributed by atoms with Crippen molar-refractivity contribution in [2.75, 3.05) is 0 Å². The molecule has 1 fully saturated rings. The number of aliphatic hydroxyl groups excluding tert-OH is 1. The molecule has 0 saturated carbocycles. The Morgan fingerprint density at radius 1 is 1.32 bits per heavy atom. The molecule has 1 saturated heterocycles. The van der Waals surface area contributed by atoms with Gasteiger partial charge in [0.15, 0.2) is 0 Å². The summed E-state index contributed by atoms with van der Waals surface area (Å²) < 4.78 is 19.7. The molecule has 0 radical (unpaired) electrons. The number of hydrogen-bond donors (Lipinski definition) is 1. The maximum absolute atomic E-state index is 13.5. The summed E-state index contributed by atoms with van der Waals surface area (Å²) in [6, 6.07) is 4.92. The lowest BCUT2D eigenvalue weighted by atomic mass is 9.82. The van der Waals surface area contributed by atoms with Gasteiger partial charge in [0.05, 0.1) is 22.8 Å². The molecule has 2 rings (SSSR count). The van der Waals surface area contributed by atoms with Crippen LogP contribution in [0.25, 0.3) is 0 Å². The lowest BCUT2D eigenvalue weighted by Gasteiger charge is -2.25. The molecule has 5 atom stereocenters. The molecule has 1 heterocycles. The summed E-state index contributed by atoms with van der Waals surface area (Å²) in [6.45, 7) is 6.13. The van der Waals surface area contributed by atoms with Crippen molar-refractivity contribution in [3.63, 3.8) is 0 Å². The van der Waals surface area contributed by atoms with Gasteiger partial charge in [0.2, 0.25) is 0 Å². The van der Waals surface area contributed by atoms with Gasteiger partial charge in [0.1, 0.15) is 5.82 Å². The number of hydrogen-bond acceptors (Lipinski definition) is 2. The molecule has 1 aliphatic heterocycles. The first kappa shape index (κ1) is 14.9. The molecule has 0 spiro atoms. The second kappa shape index (κ2) is 5.90. The third-order valence-electron chi connectivity index (χ3n) is 4.22. The van der Waals surface area contributed by atoms with E-state index in [0.29, 0.717) is 16.8 Å². The third kappa shape index (κ3) is 3.01. The van der Waals surface area contributed by atoms with Gasteiger partial charge in [-0.25, -0.2) is 4.39 Å². The van der Waals surface area contributed by atoms with Crippen LogP contribution in [0.5, 0.6) is 0 Å². The van der Waals surface area contributed by atoms with Crippen LogP contribution < -0.4 is 0 Å². The van der Waals surface area contributed by atoms with Gasteiger partial charge in [-0.2, -0.15) is 0 Å². The molecule has 1 aromatic rings. The smallest absolute Gasteiger partial charge is 0.137 e. The van der Waals surface area contributed by atoms with Crippen molar-refractivity contribution >= 4 is 15.9 Å². The van der Waals surface area contributed by atoms with Gasteiger partial charge >= 0.3 is 0 Å². The summed E-state index contributed by atoms with van der Waals surface area (Å²) in [4.78, 5) is 0. The summed E-state index contributed by atoms with van der Waals surface area (Å²) >= 11 is 3.24. The van der Waals surface area contributed by atoms with Gasteiger partial charge in [-0.05, 0) is 53.7 Å². The van der Waals surface area contributed by atoms with Gasteiger partial charge in [-0.15, -0.1) is 0 Å². The Balaban J connectivity index is 2.13. The third-order valence-corrected chi connectivity index (χ3v) is 5.11. The fourth-order valence-corrected chi connectivity index (χ4v) is 3.45. The molecule has 0 bridgehead atoms. The van der Waals surface area contributed by atoms with Crippen LogP contribution in [-0.4, -0.2) is 23.4 Å². The first-order chi connectivity index (χ1) is 8.91. The molecule has 106 valence electrons. The number of halogens is 2. The highest BCUT2D eigenvalue weighted by molar-refractivity contribution is 9.10. The Morgan fingerprint density at radius 3 is 2.58 bits per heavy atom. The van der Waals surface area contributed by atoms with Gasteiger partial charge in [0.25, 0.3) is 0 Å². The van der Waals surface area contributed by atoms with Gasteiger partial charge in [0, 0.05) is 5.92 Å². The van der Waals surface area contributed by atoms with E-state index in [9.17, 15) is 9.50 Å². The average Bonchev–Trinajstić information content (AvgIpc) is 2.59. The predicted molar refractivity (Wildman–Crippen MR) is 76.5 cm³/mol. The fourth-order valence-electron chi connectivity index (χ4n) is 3.02. The molecule has 0 aliphatic carbocycles. The summed E-state index contributed by atoms with van der Waals surface area (Å²) in [7, 11) is 0. The first-order valence-electron chi connectivity index (χ1n) is 6.68. The zero-order valence-corrected chi connectivity index (χ0v) is 13.0. The monoisotopic (exact) mass is 330 g/mol. The summed E-state index contributed by atoms with van der Waals surface area (Å²) in [6.07, 6.45) is 0.110. The zero-order valence-electron chi connectivity index (χ0n) is 11.4. The van der Waals surface area contributed by atoms with Crippen molar-refractivity contribution in [1.29, 1.82) is 0 Å². The van der Waals surface area contributed by atoms with E-state index < -0.39 is 6.10 Å². The minimum absolute atomic E-state index is 0.0346. The average molecular weight is 331 g/mol. The van der Waals surface area contributed by atoms with Gasteiger partial charge in [-0.3, -0.25) is 0 Å². The van der Waals surface area contributed by atoms with Crippen LogP contribution in [-0.2, 0) is 11.2 Å². The van der Waals surface area contributed by atoms with E-state index >= 15 is 0 Å². The van der Waals surface area contributed by atoms with Crippen LogP contribution in [0.15, 0.2) is 22.7 Å². The highest BCUT2D eigenvalue weighted by atomic mass is 79.9. The Morgan fingerprint density at radius 2 is 2.00 bits per heavy atom. The van der Waals surface area contributed by atoms with E-state index in [2.05, 4.69) is 22.9 Å². The van der Waals surface area contributed by atoms with Crippen LogP contribution in [0, 0.1) is 17.7 Å². The van der Waals surface area contributed by atoms with Crippen molar-refractivity contribution < 1.29 is 14.2 Å². The number of aliphatic hydroxyl groups is 1. The summed E-state index contributed by atoms with van der Waals surface area (Å²) in [5.41, 5.74) is 0.798. The number of rotatable bonds is 3. The van der Waals surface area contributed by atoms with E-state index in [4.69, 9.17) is 4.74 Å². The normalized spacial score (nSPS) is 32.5. The first-order valence-corrected chi connectivity index (χ1v) is 7.47. The van der Waals surface area contributed by atoms with Crippen LogP contribution in [0.1, 0.15) is 26.3 Å². The lowest BCUT2D eigenvalue weighted by molar-refractivity contribution is 0.0239. The van der Waals surface area contributed by atoms with E-state index in [1.807, 2.05) is 19.9 Å². The van der Waals surface area contributed by atoms with Crippen molar-refractivity contribution in [1.82, 2.24) is 0 Å². The van der Waals surface area contributed by atoms with Crippen molar-refractivity contribution in [3.05, 3.63) is 34.1 Å². The molecule has 0 aromatic heterocycles. The predicted octanol–water partition coefficient (Wildman–Crippen LogP) is 3.55. The minimum atomic E-state index is -0.520. The maximum atomic E-state index is 13.5. The highest BCUT2D eigenvalue weighted by Gasteiger charge is 2.41. The van der Waals surface area contributed by atoms with Crippen molar-refractivity contribution in [2.24, 2.45) is 11.8 Å². The lowest BCUT2D eigenvalue weighted by Crippen LogP contribution is -2.32. The second-order valence-corrected chi connectivity index (χ2v) is 6.26. The standard InChI is InChI=1S/C15H20BrFO2/c1-8-9(2)19-10(3)14(8)13(18)7-11-5-4-6-12(17)15(11)16/h4-6,8-10,13-14,18H,7H2,1-3H3. The Hall–Kier alpha value is -0.450. The molecule has 1 N–H and O–H groups in total. The zero-order chi connectivity index (χ0) is 14.2. The van der Waals surface area contributed by atoms with E-state index in [1.54, 1.807) is 6.07 Å². The largest absolute Gasteiger partial charge is 0.392 e. The SMILES string of the molecule is CC1OC(C)C(C(O)Cc2cccc(F)c2Br)C1C. The Bertz CT molecular complexity index is 452. The summed E-state index contributed by atoms with van der Waals surface area (Å²) in [5, 5.41) is 10.5. The second-order valence-electron chi connectivity index (χ2n) is 5.47. The molecule has 2 nitrogen and oxygen atoms in total. The Kier molecular flexibility index (Phi) is 4.64. The Labute approximate surface area is 122 Å². The highest BCUT2D eigenvalue weighted by Crippen LogP contribution is 2.36. The van der Waals surface area contributed by atoms with Gasteiger partial charge in [-0.1, -0.05) is 19.1 Å². The summed E-state index contributed by atoms with van der Waals surface area (Å²) in [5.74, 6) is 0.101. The molecule has 19 heavy (non-hydrogen) atoms. The van der Waals surface area contributed by atoms with Gasteiger partial charge < -0.3 is 9.84 Å². The van der Waals surface area contributed by atoms with E-state index in [0.717, 1.165) is 5.56 Å².